The van der Waals surface area contributed by atoms with Crippen LogP contribution in [0, 0.1) is 0 Å². The Balaban J connectivity index is 1.67. The van der Waals surface area contributed by atoms with Gasteiger partial charge in [0.05, 0.1) is 5.69 Å². The third kappa shape index (κ3) is 3.84. The normalized spacial score (nSPS) is 10.8. The fourth-order valence-corrected chi connectivity index (χ4v) is 2.11. The minimum Gasteiger partial charge on any atom is -0.338 e. The lowest BCUT2D eigenvalue weighted by Crippen LogP contribution is -2.06. The first-order valence-electron chi connectivity index (χ1n) is 6.84. The number of anilines is 1. The highest BCUT2D eigenvalue weighted by atomic mass is 35.5. The zero-order valence-electron chi connectivity index (χ0n) is 11.9. The second kappa shape index (κ2) is 6.89. The molecule has 0 saturated carbocycles. The van der Waals surface area contributed by atoms with Crippen molar-refractivity contribution in [2.45, 2.75) is 0 Å². The molecule has 0 atom stereocenters. The molecule has 2 heterocycles. The molecule has 0 radical (unpaired) electrons. The molecule has 1 N–H and O–H groups in total. The van der Waals surface area contributed by atoms with E-state index in [0.717, 1.165) is 5.56 Å². The summed E-state index contributed by atoms with van der Waals surface area (Å²) in [7, 11) is 0. The van der Waals surface area contributed by atoms with Gasteiger partial charge in [0.25, 0.3) is 5.91 Å². The number of hydrogen-bond donors (Lipinski definition) is 1. The fraction of sp³-hybridized carbons (Fsp3) is 0. The minimum absolute atomic E-state index is 0.250. The van der Waals surface area contributed by atoms with Crippen molar-refractivity contribution in [3.8, 4) is 11.4 Å². The Morgan fingerprint density at radius 2 is 1.96 bits per heavy atom. The van der Waals surface area contributed by atoms with E-state index in [0.29, 0.717) is 16.4 Å². The fourth-order valence-electron chi connectivity index (χ4n) is 1.91. The van der Waals surface area contributed by atoms with Crippen molar-refractivity contribution in [3.63, 3.8) is 0 Å². The number of rotatable bonds is 4. The lowest BCUT2D eigenvalue weighted by atomic mass is 10.2. The van der Waals surface area contributed by atoms with Crippen LogP contribution < -0.4 is 5.32 Å². The number of benzene rings is 1. The summed E-state index contributed by atoms with van der Waals surface area (Å²) in [6.07, 6.45) is 4.67. The summed E-state index contributed by atoms with van der Waals surface area (Å²) in [5.41, 5.74) is 1.98. The summed E-state index contributed by atoms with van der Waals surface area (Å²) in [6.45, 7) is 0. The lowest BCUT2D eigenvalue weighted by molar-refractivity contribution is -0.112. The van der Waals surface area contributed by atoms with E-state index in [1.54, 1.807) is 30.5 Å². The summed E-state index contributed by atoms with van der Waals surface area (Å²) in [5.74, 6) is -0.0897. The molecule has 2 aromatic heterocycles. The van der Waals surface area contributed by atoms with E-state index in [-0.39, 0.29) is 11.8 Å². The van der Waals surface area contributed by atoms with Gasteiger partial charge in [-0.25, -0.2) is 0 Å². The maximum absolute atomic E-state index is 11.9. The number of amides is 1. The summed E-state index contributed by atoms with van der Waals surface area (Å²) in [4.78, 5) is 16.1. The van der Waals surface area contributed by atoms with Gasteiger partial charge in [-0.2, -0.15) is 0 Å². The quantitative estimate of drug-likeness (QED) is 0.735. The molecule has 0 saturated heterocycles. The molecule has 1 aromatic carbocycles. The van der Waals surface area contributed by atoms with Crippen LogP contribution in [0.4, 0.5) is 5.88 Å². The van der Waals surface area contributed by atoms with Crippen molar-refractivity contribution in [1.82, 2.24) is 10.1 Å². The molecule has 0 bridgehead atoms. The van der Waals surface area contributed by atoms with Gasteiger partial charge in [-0.1, -0.05) is 41.0 Å². The molecule has 3 aromatic rings. The van der Waals surface area contributed by atoms with Crippen LogP contribution in [0.1, 0.15) is 5.56 Å². The van der Waals surface area contributed by atoms with Gasteiger partial charge in [-0.15, -0.1) is 0 Å². The highest BCUT2D eigenvalue weighted by molar-refractivity contribution is 6.32. The number of aromatic nitrogens is 2. The lowest BCUT2D eigenvalue weighted by Gasteiger charge is -1.97. The van der Waals surface area contributed by atoms with Gasteiger partial charge in [0.2, 0.25) is 5.88 Å². The molecule has 0 aliphatic rings. The van der Waals surface area contributed by atoms with E-state index in [2.05, 4.69) is 15.5 Å². The summed E-state index contributed by atoms with van der Waals surface area (Å²) >= 11 is 6.02. The first kappa shape index (κ1) is 15.0. The van der Waals surface area contributed by atoms with Gasteiger partial charge in [0.15, 0.2) is 0 Å². The van der Waals surface area contributed by atoms with E-state index in [9.17, 15) is 4.79 Å². The summed E-state index contributed by atoms with van der Waals surface area (Å²) in [6, 6.07) is 14.3. The Labute approximate surface area is 137 Å². The third-order valence-corrected chi connectivity index (χ3v) is 3.35. The largest absolute Gasteiger partial charge is 0.338 e. The molecule has 6 heteroatoms. The SMILES string of the molecule is O=C(/C=C/c1ccccc1Cl)Nc1cc(-c2ccccn2)no1. The van der Waals surface area contributed by atoms with Gasteiger partial charge in [0.1, 0.15) is 5.69 Å². The van der Waals surface area contributed by atoms with Gasteiger partial charge < -0.3 is 4.52 Å². The molecule has 0 spiro atoms. The molecule has 3 rings (SSSR count). The Hall–Kier alpha value is -2.92. The molecule has 114 valence electrons. The number of carbonyl (C=O) groups excluding carboxylic acids is 1. The highest BCUT2D eigenvalue weighted by Gasteiger charge is 2.08. The molecule has 0 aliphatic heterocycles. The van der Waals surface area contributed by atoms with Crippen LogP contribution in [0.15, 0.2) is 65.3 Å². The number of nitrogens with one attached hydrogen (secondary N) is 1. The standard InChI is InChI=1S/C17H12ClN3O2/c18-13-6-2-1-5-12(13)8-9-16(22)20-17-11-15(21-23-17)14-7-3-4-10-19-14/h1-11H,(H,20,22)/b9-8+. The van der Waals surface area contributed by atoms with Crippen LogP contribution in [-0.2, 0) is 4.79 Å². The molecule has 0 unspecified atom stereocenters. The third-order valence-electron chi connectivity index (χ3n) is 3.00. The minimum atomic E-state index is -0.339. The van der Waals surface area contributed by atoms with E-state index in [1.165, 1.54) is 6.08 Å². The first-order chi connectivity index (χ1) is 11.2. The van der Waals surface area contributed by atoms with Crippen molar-refractivity contribution < 1.29 is 9.32 Å². The second-order valence-electron chi connectivity index (χ2n) is 4.64. The number of pyridine rings is 1. The van der Waals surface area contributed by atoms with Gasteiger partial charge in [0, 0.05) is 23.4 Å². The second-order valence-corrected chi connectivity index (χ2v) is 5.04. The van der Waals surface area contributed by atoms with E-state index in [4.69, 9.17) is 16.1 Å². The molecule has 0 aliphatic carbocycles. The van der Waals surface area contributed by atoms with Crippen molar-refractivity contribution >= 4 is 29.5 Å². The predicted octanol–water partition coefficient (Wildman–Crippen LogP) is 4.04. The number of nitrogens with zero attached hydrogens (tertiary/aromatic N) is 2. The maximum Gasteiger partial charge on any atom is 0.250 e. The van der Waals surface area contributed by atoms with Crippen LogP contribution in [0.3, 0.4) is 0 Å². The Morgan fingerprint density at radius 3 is 2.74 bits per heavy atom. The predicted molar refractivity (Wildman–Crippen MR) is 88.8 cm³/mol. The van der Waals surface area contributed by atoms with Crippen LogP contribution in [-0.4, -0.2) is 16.0 Å². The van der Waals surface area contributed by atoms with Gasteiger partial charge in [-0.05, 0) is 29.8 Å². The van der Waals surface area contributed by atoms with E-state index in [1.807, 2.05) is 30.3 Å². The highest BCUT2D eigenvalue weighted by Crippen LogP contribution is 2.20. The Kier molecular flexibility index (Phi) is 4.49. The van der Waals surface area contributed by atoms with Crippen LogP contribution in [0.5, 0.6) is 0 Å². The van der Waals surface area contributed by atoms with Gasteiger partial charge in [-0.3, -0.25) is 15.1 Å². The van der Waals surface area contributed by atoms with E-state index < -0.39 is 0 Å². The van der Waals surface area contributed by atoms with E-state index >= 15 is 0 Å². The number of hydrogen-bond acceptors (Lipinski definition) is 4. The van der Waals surface area contributed by atoms with Crippen LogP contribution in [0.2, 0.25) is 5.02 Å². The number of carbonyl (C=O) groups is 1. The number of halogens is 1. The Morgan fingerprint density at radius 1 is 1.13 bits per heavy atom. The molecular formula is C17H12ClN3O2. The summed E-state index contributed by atoms with van der Waals surface area (Å²) < 4.78 is 5.08. The monoisotopic (exact) mass is 325 g/mol. The van der Waals surface area contributed by atoms with Gasteiger partial charge >= 0.3 is 0 Å². The van der Waals surface area contributed by atoms with Crippen molar-refractivity contribution in [3.05, 3.63) is 71.4 Å². The van der Waals surface area contributed by atoms with Crippen molar-refractivity contribution in [1.29, 1.82) is 0 Å². The molecule has 5 nitrogen and oxygen atoms in total. The van der Waals surface area contributed by atoms with Crippen molar-refractivity contribution in [2.75, 3.05) is 5.32 Å². The Bertz CT molecular complexity index is 844. The first-order valence-corrected chi connectivity index (χ1v) is 7.22. The average molecular weight is 326 g/mol. The average Bonchev–Trinajstić information content (AvgIpc) is 3.03. The molecule has 0 fully saturated rings. The zero-order chi connectivity index (χ0) is 16.1. The summed E-state index contributed by atoms with van der Waals surface area (Å²) in [5, 5.41) is 7.05. The molecule has 23 heavy (non-hydrogen) atoms. The maximum atomic E-state index is 11.9. The van der Waals surface area contributed by atoms with Crippen LogP contribution >= 0.6 is 11.6 Å². The topological polar surface area (TPSA) is 68.0 Å². The molecular weight excluding hydrogens is 314 g/mol. The van der Waals surface area contributed by atoms with Crippen LogP contribution in [0.25, 0.3) is 17.5 Å². The van der Waals surface area contributed by atoms with Crippen molar-refractivity contribution in [2.24, 2.45) is 0 Å². The zero-order valence-corrected chi connectivity index (χ0v) is 12.7. The molecule has 1 amide bonds. The smallest absolute Gasteiger partial charge is 0.250 e.